The van der Waals surface area contributed by atoms with Crippen LogP contribution in [0.15, 0.2) is 103 Å². The van der Waals surface area contributed by atoms with Gasteiger partial charge in [0.25, 0.3) is 0 Å². The molecule has 2 heteroatoms. The third-order valence-corrected chi connectivity index (χ3v) is 3.91. The smallest absolute Gasteiger partial charge is 0.143 e. The highest BCUT2D eigenvalue weighted by Crippen LogP contribution is 2.35. The molecule has 2 nitrogen and oxygen atoms in total. The molecule has 0 saturated heterocycles. The predicted octanol–water partition coefficient (Wildman–Crippen LogP) is 6.74. The summed E-state index contributed by atoms with van der Waals surface area (Å²) in [6.45, 7) is 0. The highest BCUT2D eigenvalue weighted by atomic mass is 16.5. The lowest BCUT2D eigenvalue weighted by Gasteiger charge is -2.12. The van der Waals surface area contributed by atoms with E-state index in [0.717, 1.165) is 28.4 Å². The molecular formula is C24H17O2. The Morgan fingerprint density at radius 1 is 0.538 bits per heavy atom. The quantitative estimate of drug-likeness (QED) is 0.401. The molecule has 0 unspecified atom stereocenters. The van der Waals surface area contributed by atoms with Gasteiger partial charge in [0.15, 0.2) is 0 Å². The van der Waals surface area contributed by atoms with Crippen LogP contribution >= 0.6 is 0 Å². The van der Waals surface area contributed by atoms with Crippen LogP contribution in [-0.4, -0.2) is 0 Å². The highest BCUT2D eigenvalue weighted by molar-refractivity contribution is 5.71. The van der Waals surface area contributed by atoms with Crippen LogP contribution in [-0.2, 0) is 0 Å². The minimum atomic E-state index is 0.690. The maximum absolute atomic E-state index is 6.03. The number of ether oxygens (including phenoxy) is 2. The van der Waals surface area contributed by atoms with Crippen LogP contribution < -0.4 is 9.47 Å². The van der Waals surface area contributed by atoms with Crippen molar-refractivity contribution in [1.82, 2.24) is 0 Å². The Kier molecular flexibility index (Phi) is 4.66. The lowest BCUT2D eigenvalue weighted by atomic mass is 10.0. The van der Waals surface area contributed by atoms with Crippen LogP contribution in [0.25, 0.3) is 11.1 Å². The van der Waals surface area contributed by atoms with Crippen molar-refractivity contribution >= 4 is 0 Å². The van der Waals surface area contributed by atoms with E-state index in [2.05, 4.69) is 6.07 Å². The third-order valence-electron chi connectivity index (χ3n) is 3.91. The molecule has 0 aliphatic rings. The van der Waals surface area contributed by atoms with Crippen molar-refractivity contribution in [2.24, 2.45) is 0 Å². The summed E-state index contributed by atoms with van der Waals surface area (Å²) < 4.78 is 12.0. The first-order valence-corrected chi connectivity index (χ1v) is 8.45. The minimum absolute atomic E-state index is 0.690. The third kappa shape index (κ3) is 3.76. The second-order valence-electron chi connectivity index (χ2n) is 5.77. The van der Waals surface area contributed by atoms with E-state index in [4.69, 9.17) is 9.47 Å². The van der Waals surface area contributed by atoms with Gasteiger partial charge < -0.3 is 9.47 Å². The molecule has 0 saturated carbocycles. The number of benzene rings is 4. The Hall–Kier alpha value is -3.52. The Morgan fingerprint density at radius 3 is 1.92 bits per heavy atom. The zero-order valence-electron chi connectivity index (χ0n) is 14.1. The topological polar surface area (TPSA) is 18.5 Å². The average Bonchev–Trinajstić information content (AvgIpc) is 2.70. The Morgan fingerprint density at radius 2 is 1.19 bits per heavy atom. The van der Waals surface area contributed by atoms with E-state index in [1.54, 1.807) is 0 Å². The van der Waals surface area contributed by atoms with Gasteiger partial charge in [-0.05, 0) is 42.0 Å². The van der Waals surface area contributed by atoms with Crippen molar-refractivity contribution in [1.29, 1.82) is 0 Å². The van der Waals surface area contributed by atoms with Crippen LogP contribution in [0.3, 0.4) is 0 Å². The molecule has 0 aliphatic heterocycles. The molecule has 0 amide bonds. The first-order valence-electron chi connectivity index (χ1n) is 8.45. The molecule has 0 spiro atoms. The fourth-order valence-corrected chi connectivity index (χ4v) is 2.69. The number of hydrogen-bond donors (Lipinski definition) is 0. The van der Waals surface area contributed by atoms with E-state index in [0.29, 0.717) is 5.75 Å². The molecule has 1 radical (unpaired) electrons. The molecule has 0 aliphatic carbocycles. The number of para-hydroxylation sites is 3. The van der Waals surface area contributed by atoms with Gasteiger partial charge in [-0.2, -0.15) is 0 Å². The lowest BCUT2D eigenvalue weighted by Crippen LogP contribution is -1.89. The molecule has 0 N–H and O–H groups in total. The first kappa shape index (κ1) is 16.0. The summed E-state index contributed by atoms with van der Waals surface area (Å²) >= 11 is 0. The normalized spacial score (nSPS) is 10.3. The molecule has 0 heterocycles. The zero-order chi connectivity index (χ0) is 17.6. The second kappa shape index (κ2) is 7.58. The minimum Gasteiger partial charge on any atom is -0.457 e. The van der Waals surface area contributed by atoms with Crippen LogP contribution in [0.4, 0.5) is 0 Å². The standard InChI is InChI=1S/C24H17O2/c1-3-11-20(12-4-1)25-22-15-9-10-19(18-22)23-16-7-8-17-24(23)26-21-13-5-2-6-14-21/h1-16,18H. The molecule has 125 valence electrons. The summed E-state index contributed by atoms with van der Waals surface area (Å²) in [5.41, 5.74) is 1.98. The van der Waals surface area contributed by atoms with E-state index < -0.39 is 0 Å². The summed E-state index contributed by atoms with van der Waals surface area (Å²) in [5, 5.41) is 0. The van der Waals surface area contributed by atoms with Gasteiger partial charge in [0, 0.05) is 11.6 Å². The van der Waals surface area contributed by atoms with Crippen LogP contribution in [0.2, 0.25) is 0 Å². The molecule has 4 aromatic carbocycles. The molecular weight excluding hydrogens is 320 g/mol. The zero-order valence-corrected chi connectivity index (χ0v) is 14.1. The fraction of sp³-hybridized carbons (Fsp3) is 0. The predicted molar refractivity (Wildman–Crippen MR) is 104 cm³/mol. The molecule has 0 aromatic heterocycles. The van der Waals surface area contributed by atoms with Gasteiger partial charge in [-0.15, -0.1) is 0 Å². The van der Waals surface area contributed by atoms with Crippen molar-refractivity contribution in [2.45, 2.75) is 0 Å². The van der Waals surface area contributed by atoms with E-state index in [1.165, 1.54) is 0 Å². The first-order chi connectivity index (χ1) is 12.9. The molecule has 4 aromatic rings. The molecule has 0 fully saturated rings. The van der Waals surface area contributed by atoms with Crippen molar-refractivity contribution < 1.29 is 9.47 Å². The SMILES string of the molecule is [c]1cccc(-c2cccc(Oc3ccccc3)c2)c1Oc1ccccc1. The van der Waals surface area contributed by atoms with Gasteiger partial charge in [0.1, 0.15) is 23.0 Å². The van der Waals surface area contributed by atoms with E-state index in [9.17, 15) is 0 Å². The number of rotatable bonds is 5. The number of hydrogen-bond acceptors (Lipinski definition) is 2. The van der Waals surface area contributed by atoms with Gasteiger partial charge in [-0.3, -0.25) is 0 Å². The van der Waals surface area contributed by atoms with E-state index >= 15 is 0 Å². The molecule has 0 atom stereocenters. The van der Waals surface area contributed by atoms with Gasteiger partial charge in [-0.25, -0.2) is 0 Å². The van der Waals surface area contributed by atoms with Crippen LogP contribution in [0.1, 0.15) is 0 Å². The Balaban J connectivity index is 1.65. The largest absolute Gasteiger partial charge is 0.457 e. The van der Waals surface area contributed by atoms with Crippen LogP contribution in [0, 0.1) is 6.07 Å². The van der Waals surface area contributed by atoms with Crippen molar-refractivity contribution in [3.05, 3.63) is 109 Å². The fourth-order valence-electron chi connectivity index (χ4n) is 2.69. The lowest BCUT2D eigenvalue weighted by molar-refractivity contribution is 0.481. The van der Waals surface area contributed by atoms with Crippen molar-refractivity contribution in [3.63, 3.8) is 0 Å². The van der Waals surface area contributed by atoms with Crippen molar-refractivity contribution in [2.75, 3.05) is 0 Å². The molecule has 0 bridgehead atoms. The maximum atomic E-state index is 6.03. The Labute approximate surface area is 153 Å². The van der Waals surface area contributed by atoms with Gasteiger partial charge in [0.05, 0.1) is 0 Å². The molecule has 4 rings (SSSR count). The Bertz CT molecular complexity index is 979. The maximum Gasteiger partial charge on any atom is 0.143 e. The highest BCUT2D eigenvalue weighted by Gasteiger charge is 2.08. The monoisotopic (exact) mass is 337 g/mol. The average molecular weight is 337 g/mol. The summed E-state index contributed by atoms with van der Waals surface area (Å²) in [6.07, 6.45) is 0. The van der Waals surface area contributed by atoms with Gasteiger partial charge >= 0.3 is 0 Å². The van der Waals surface area contributed by atoms with Gasteiger partial charge in [0.2, 0.25) is 0 Å². The summed E-state index contributed by atoms with van der Waals surface area (Å²) in [5.74, 6) is 3.07. The van der Waals surface area contributed by atoms with E-state index in [1.807, 2.05) is 103 Å². The van der Waals surface area contributed by atoms with E-state index in [-0.39, 0.29) is 0 Å². The molecule has 26 heavy (non-hydrogen) atoms. The summed E-state index contributed by atoms with van der Waals surface area (Å²) in [7, 11) is 0. The van der Waals surface area contributed by atoms with Crippen LogP contribution in [0.5, 0.6) is 23.0 Å². The van der Waals surface area contributed by atoms with Gasteiger partial charge in [-0.1, -0.05) is 66.7 Å². The second-order valence-corrected chi connectivity index (χ2v) is 5.77. The summed E-state index contributed by atoms with van der Waals surface area (Å²) in [6, 6.07) is 36.5. The summed E-state index contributed by atoms with van der Waals surface area (Å²) in [4.78, 5) is 0. The van der Waals surface area contributed by atoms with Crippen molar-refractivity contribution in [3.8, 4) is 34.1 Å².